The summed E-state index contributed by atoms with van der Waals surface area (Å²) < 4.78 is 0. The standard InChI is InChI=1S/C11H17BrO4/c12-7-5-10(15)3-1-9(14)2-4-11(16)6-8-13/h13H,1-8H2. The Kier molecular flexibility index (Phi) is 9.33. The van der Waals surface area contributed by atoms with E-state index in [4.69, 9.17) is 5.11 Å². The van der Waals surface area contributed by atoms with Gasteiger partial charge in [-0.25, -0.2) is 0 Å². The Hall–Kier alpha value is -0.550. The fourth-order valence-electron chi connectivity index (χ4n) is 1.16. The minimum atomic E-state index is -0.170. The first-order valence-corrected chi connectivity index (χ1v) is 6.44. The van der Waals surface area contributed by atoms with E-state index >= 15 is 0 Å². The van der Waals surface area contributed by atoms with Crippen LogP contribution in [0.25, 0.3) is 0 Å². The van der Waals surface area contributed by atoms with E-state index in [-0.39, 0.29) is 56.1 Å². The van der Waals surface area contributed by atoms with Crippen LogP contribution in [0.4, 0.5) is 0 Å². The molecule has 16 heavy (non-hydrogen) atoms. The van der Waals surface area contributed by atoms with Gasteiger partial charge in [0.1, 0.15) is 17.3 Å². The number of hydrogen-bond acceptors (Lipinski definition) is 4. The van der Waals surface area contributed by atoms with Crippen molar-refractivity contribution in [1.82, 2.24) is 0 Å². The third-order valence-corrected chi connectivity index (χ3v) is 2.53. The number of alkyl halides is 1. The summed E-state index contributed by atoms with van der Waals surface area (Å²) in [7, 11) is 0. The average Bonchev–Trinajstić information content (AvgIpc) is 2.24. The topological polar surface area (TPSA) is 71.4 Å². The predicted octanol–water partition coefficient (Wildman–Crippen LogP) is 1.42. The Morgan fingerprint density at radius 1 is 0.750 bits per heavy atom. The second kappa shape index (κ2) is 9.66. The van der Waals surface area contributed by atoms with Gasteiger partial charge in [0.15, 0.2) is 0 Å². The van der Waals surface area contributed by atoms with Gasteiger partial charge in [0.05, 0.1) is 0 Å². The van der Waals surface area contributed by atoms with Gasteiger partial charge in [0, 0.05) is 50.5 Å². The first-order valence-electron chi connectivity index (χ1n) is 5.32. The third-order valence-electron chi connectivity index (χ3n) is 2.13. The lowest BCUT2D eigenvalue weighted by atomic mass is 10.0. The van der Waals surface area contributed by atoms with E-state index in [1.807, 2.05) is 0 Å². The predicted molar refractivity (Wildman–Crippen MR) is 63.6 cm³/mol. The Morgan fingerprint density at radius 2 is 1.12 bits per heavy atom. The van der Waals surface area contributed by atoms with E-state index in [9.17, 15) is 14.4 Å². The fraction of sp³-hybridized carbons (Fsp3) is 0.727. The van der Waals surface area contributed by atoms with Crippen molar-refractivity contribution in [2.45, 2.75) is 38.5 Å². The third kappa shape index (κ3) is 8.73. The molecule has 4 nitrogen and oxygen atoms in total. The molecule has 0 aromatic heterocycles. The molecule has 0 spiro atoms. The van der Waals surface area contributed by atoms with Crippen molar-refractivity contribution < 1.29 is 19.5 Å². The highest BCUT2D eigenvalue weighted by Crippen LogP contribution is 2.04. The molecule has 0 bridgehead atoms. The van der Waals surface area contributed by atoms with Crippen LogP contribution in [0.1, 0.15) is 38.5 Å². The van der Waals surface area contributed by atoms with E-state index in [1.165, 1.54) is 0 Å². The van der Waals surface area contributed by atoms with Gasteiger partial charge in [-0.2, -0.15) is 0 Å². The van der Waals surface area contributed by atoms with Gasteiger partial charge in [0.25, 0.3) is 0 Å². The summed E-state index contributed by atoms with van der Waals surface area (Å²) in [6.07, 6.45) is 1.38. The lowest BCUT2D eigenvalue weighted by molar-refractivity contribution is -0.126. The van der Waals surface area contributed by atoms with Crippen molar-refractivity contribution in [2.24, 2.45) is 0 Å². The molecular formula is C11H17BrO4. The van der Waals surface area contributed by atoms with Crippen molar-refractivity contribution in [3.8, 4) is 0 Å². The van der Waals surface area contributed by atoms with Crippen LogP contribution in [0, 0.1) is 0 Å². The number of aliphatic hydroxyl groups is 1. The largest absolute Gasteiger partial charge is 0.396 e. The van der Waals surface area contributed by atoms with Crippen LogP contribution in [0.2, 0.25) is 0 Å². The van der Waals surface area contributed by atoms with Crippen LogP contribution in [-0.4, -0.2) is 34.4 Å². The SMILES string of the molecule is O=C(CCO)CCC(=O)CCC(=O)CCBr. The van der Waals surface area contributed by atoms with Gasteiger partial charge in [-0.3, -0.25) is 14.4 Å². The maximum Gasteiger partial charge on any atom is 0.135 e. The van der Waals surface area contributed by atoms with Crippen molar-refractivity contribution >= 4 is 33.3 Å². The molecule has 0 aliphatic carbocycles. The van der Waals surface area contributed by atoms with Crippen molar-refractivity contribution in [1.29, 1.82) is 0 Å². The highest BCUT2D eigenvalue weighted by Gasteiger charge is 2.09. The zero-order valence-electron chi connectivity index (χ0n) is 9.21. The smallest absolute Gasteiger partial charge is 0.135 e. The number of rotatable bonds is 10. The highest BCUT2D eigenvalue weighted by molar-refractivity contribution is 9.09. The Labute approximate surface area is 104 Å². The summed E-state index contributed by atoms with van der Waals surface area (Å²) in [5.74, 6) is -0.108. The van der Waals surface area contributed by atoms with Gasteiger partial charge < -0.3 is 5.11 Å². The zero-order valence-corrected chi connectivity index (χ0v) is 10.8. The maximum atomic E-state index is 11.3. The number of aliphatic hydroxyl groups excluding tert-OH is 1. The number of carbonyl (C=O) groups is 3. The molecule has 0 radical (unpaired) electrons. The number of hydrogen-bond donors (Lipinski definition) is 1. The molecule has 0 unspecified atom stereocenters. The number of ketones is 3. The average molecular weight is 293 g/mol. The molecule has 0 aromatic rings. The van der Waals surface area contributed by atoms with Crippen molar-refractivity contribution in [2.75, 3.05) is 11.9 Å². The van der Waals surface area contributed by atoms with Crippen LogP contribution in [-0.2, 0) is 14.4 Å². The molecule has 0 rings (SSSR count). The molecule has 0 amide bonds. The summed E-state index contributed by atoms with van der Waals surface area (Å²) in [4.78, 5) is 33.4. The molecule has 0 aliphatic heterocycles. The number of Topliss-reactive ketones (excluding diaryl/α,β-unsaturated/α-hetero) is 3. The first kappa shape index (κ1) is 15.4. The maximum absolute atomic E-state index is 11.3. The molecule has 92 valence electrons. The van der Waals surface area contributed by atoms with Gasteiger partial charge in [-0.1, -0.05) is 15.9 Å². The summed E-state index contributed by atoms with van der Waals surface area (Å²) >= 11 is 3.15. The Bertz CT molecular complexity index is 226. The summed E-state index contributed by atoms with van der Waals surface area (Å²) in [5.41, 5.74) is 0. The normalized spacial score (nSPS) is 10.1. The van der Waals surface area contributed by atoms with E-state index in [1.54, 1.807) is 0 Å². The lowest BCUT2D eigenvalue weighted by Crippen LogP contribution is -2.08. The molecule has 0 atom stereocenters. The van der Waals surface area contributed by atoms with E-state index in [2.05, 4.69) is 15.9 Å². The lowest BCUT2D eigenvalue weighted by Gasteiger charge is -2.00. The van der Waals surface area contributed by atoms with Crippen LogP contribution in [0.15, 0.2) is 0 Å². The molecule has 1 N–H and O–H groups in total. The van der Waals surface area contributed by atoms with Crippen molar-refractivity contribution in [3.05, 3.63) is 0 Å². The highest BCUT2D eigenvalue weighted by atomic mass is 79.9. The van der Waals surface area contributed by atoms with E-state index < -0.39 is 0 Å². The summed E-state index contributed by atoms with van der Waals surface area (Å²) in [5, 5.41) is 9.10. The molecular weight excluding hydrogens is 276 g/mol. The van der Waals surface area contributed by atoms with Gasteiger partial charge in [0.2, 0.25) is 0 Å². The Morgan fingerprint density at radius 3 is 1.50 bits per heavy atom. The van der Waals surface area contributed by atoms with Crippen LogP contribution >= 0.6 is 15.9 Å². The van der Waals surface area contributed by atoms with Gasteiger partial charge in [-0.05, 0) is 0 Å². The Balaban J connectivity index is 3.59. The molecule has 0 fully saturated rings. The summed E-state index contributed by atoms with van der Waals surface area (Å²) in [6.45, 7) is -0.170. The first-order chi connectivity index (χ1) is 7.60. The van der Waals surface area contributed by atoms with Crippen molar-refractivity contribution in [3.63, 3.8) is 0 Å². The van der Waals surface area contributed by atoms with Gasteiger partial charge in [-0.15, -0.1) is 0 Å². The molecule has 0 aliphatic rings. The second-order valence-corrected chi connectivity index (χ2v) is 4.32. The fourth-order valence-corrected chi connectivity index (χ4v) is 1.61. The molecule has 0 saturated carbocycles. The molecule has 0 heterocycles. The number of carbonyl (C=O) groups excluding carboxylic acids is 3. The zero-order chi connectivity index (χ0) is 12.4. The van der Waals surface area contributed by atoms with Crippen LogP contribution in [0.3, 0.4) is 0 Å². The minimum Gasteiger partial charge on any atom is -0.396 e. The van der Waals surface area contributed by atoms with E-state index in [0.29, 0.717) is 11.8 Å². The van der Waals surface area contributed by atoms with Crippen LogP contribution in [0.5, 0.6) is 0 Å². The molecule has 0 aromatic carbocycles. The molecule has 0 saturated heterocycles. The summed E-state index contributed by atoms with van der Waals surface area (Å²) in [6, 6.07) is 0. The quantitative estimate of drug-likeness (QED) is 0.618. The van der Waals surface area contributed by atoms with Gasteiger partial charge >= 0.3 is 0 Å². The molecule has 5 heteroatoms. The monoisotopic (exact) mass is 292 g/mol. The number of halogens is 1. The second-order valence-electron chi connectivity index (χ2n) is 3.53. The van der Waals surface area contributed by atoms with E-state index in [0.717, 1.165) is 0 Å². The minimum absolute atomic E-state index is 0.0609. The van der Waals surface area contributed by atoms with Crippen LogP contribution < -0.4 is 0 Å².